The molecule has 0 heterocycles. The lowest BCUT2D eigenvalue weighted by molar-refractivity contribution is -0.384. The van der Waals surface area contributed by atoms with Crippen LogP contribution in [0.15, 0.2) is 18.2 Å². The summed E-state index contributed by atoms with van der Waals surface area (Å²) in [4.78, 5) is 10.3. The second kappa shape index (κ2) is 6.91. The molecular formula is C12H18N2O5. The maximum Gasteiger partial charge on any atom is 0.275 e. The van der Waals surface area contributed by atoms with Gasteiger partial charge in [0.05, 0.1) is 29.8 Å². The lowest BCUT2D eigenvalue weighted by atomic mass is 10.2. The molecule has 19 heavy (non-hydrogen) atoms. The molecule has 0 saturated carbocycles. The standard InChI is InChI=1S/C12H18N2O5/c1-8(2)19-12-4-9(13-6-11(16)7-15)3-10(5-12)14(17)18/h3-5,8,11,13,15-16H,6-7H2,1-2H3. The molecule has 0 aliphatic rings. The number of hydrogen-bond donors (Lipinski definition) is 3. The molecular weight excluding hydrogens is 252 g/mol. The van der Waals surface area contributed by atoms with Crippen LogP contribution in [0.3, 0.4) is 0 Å². The highest BCUT2D eigenvalue weighted by Crippen LogP contribution is 2.26. The molecule has 1 aromatic rings. The molecule has 0 aliphatic carbocycles. The van der Waals surface area contributed by atoms with Crippen LogP contribution in [-0.2, 0) is 0 Å². The fourth-order valence-electron chi connectivity index (χ4n) is 1.43. The molecule has 1 unspecified atom stereocenters. The normalized spacial score (nSPS) is 12.3. The zero-order valence-corrected chi connectivity index (χ0v) is 10.9. The minimum Gasteiger partial charge on any atom is -0.491 e. The quantitative estimate of drug-likeness (QED) is 0.507. The van der Waals surface area contributed by atoms with Gasteiger partial charge in [-0.1, -0.05) is 0 Å². The van der Waals surface area contributed by atoms with E-state index in [0.29, 0.717) is 11.4 Å². The van der Waals surface area contributed by atoms with E-state index in [-0.39, 0.29) is 24.9 Å². The summed E-state index contributed by atoms with van der Waals surface area (Å²) in [6.07, 6.45) is -1.02. The van der Waals surface area contributed by atoms with Gasteiger partial charge >= 0.3 is 0 Å². The summed E-state index contributed by atoms with van der Waals surface area (Å²) in [5.41, 5.74) is 0.358. The predicted octanol–water partition coefficient (Wildman–Crippen LogP) is 1.15. The van der Waals surface area contributed by atoms with Gasteiger partial charge in [0.25, 0.3) is 5.69 Å². The maximum atomic E-state index is 10.8. The van der Waals surface area contributed by atoms with Gasteiger partial charge in [-0.05, 0) is 13.8 Å². The molecule has 0 amide bonds. The SMILES string of the molecule is CC(C)Oc1cc(NCC(O)CO)cc([N+](=O)[O-])c1. The summed E-state index contributed by atoms with van der Waals surface area (Å²) < 4.78 is 5.42. The number of non-ortho nitro benzene ring substituents is 1. The fraction of sp³-hybridized carbons (Fsp3) is 0.500. The Balaban J connectivity index is 2.89. The van der Waals surface area contributed by atoms with E-state index in [1.165, 1.54) is 12.1 Å². The van der Waals surface area contributed by atoms with Crippen LogP contribution < -0.4 is 10.1 Å². The van der Waals surface area contributed by atoms with Crippen molar-refractivity contribution >= 4 is 11.4 Å². The van der Waals surface area contributed by atoms with Crippen LogP contribution in [0, 0.1) is 10.1 Å². The Morgan fingerprint density at radius 2 is 2.11 bits per heavy atom. The molecule has 1 atom stereocenters. The summed E-state index contributed by atoms with van der Waals surface area (Å²) in [6.45, 7) is 3.36. The highest BCUT2D eigenvalue weighted by atomic mass is 16.6. The van der Waals surface area contributed by atoms with Crippen molar-refractivity contribution in [2.75, 3.05) is 18.5 Å². The first-order valence-electron chi connectivity index (χ1n) is 5.91. The Hall–Kier alpha value is -1.86. The number of benzene rings is 1. The van der Waals surface area contributed by atoms with E-state index < -0.39 is 11.0 Å². The summed E-state index contributed by atoms with van der Waals surface area (Å²) in [5, 5.41) is 31.6. The van der Waals surface area contributed by atoms with Crippen LogP contribution in [0.25, 0.3) is 0 Å². The number of nitrogens with zero attached hydrogens (tertiary/aromatic N) is 1. The number of ether oxygens (including phenoxy) is 1. The lowest BCUT2D eigenvalue weighted by Gasteiger charge is -2.13. The zero-order chi connectivity index (χ0) is 14.4. The van der Waals surface area contributed by atoms with Gasteiger partial charge in [0.15, 0.2) is 0 Å². The molecule has 0 radical (unpaired) electrons. The van der Waals surface area contributed by atoms with E-state index in [1.54, 1.807) is 6.07 Å². The van der Waals surface area contributed by atoms with Gasteiger partial charge in [-0.15, -0.1) is 0 Å². The number of nitro groups is 1. The molecule has 0 spiro atoms. The summed E-state index contributed by atoms with van der Waals surface area (Å²) in [6, 6.07) is 4.29. The third kappa shape index (κ3) is 5.11. The second-order valence-corrected chi connectivity index (χ2v) is 4.36. The second-order valence-electron chi connectivity index (χ2n) is 4.36. The third-order valence-corrected chi connectivity index (χ3v) is 2.23. The van der Waals surface area contributed by atoms with Crippen molar-refractivity contribution in [3.05, 3.63) is 28.3 Å². The van der Waals surface area contributed by atoms with Crippen molar-refractivity contribution in [1.82, 2.24) is 0 Å². The van der Waals surface area contributed by atoms with Gasteiger partial charge in [0, 0.05) is 24.4 Å². The maximum absolute atomic E-state index is 10.8. The highest BCUT2D eigenvalue weighted by Gasteiger charge is 2.12. The van der Waals surface area contributed by atoms with Crippen LogP contribution in [0.2, 0.25) is 0 Å². The van der Waals surface area contributed by atoms with Crippen molar-refractivity contribution in [2.24, 2.45) is 0 Å². The number of anilines is 1. The molecule has 3 N–H and O–H groups in total. The average molecular weight is 270 g/mol. The van der Waals surface area contributed by atoms with Crippen molar-refractivity contribution in [3.8, 4) is 5.75 Å². The van der Waals surface area contributed by atoms with Crippen LogP contribution >= 0.6 is 0 Å². The molecule has 0 aromatic heterocycles. The monoisotopic (exact) mass is 270 g/mol. The Bertz CT molecular complexity index is 436. The summed E-state index contributed by atoms with van der Waals surface area (Å²) in [7, 11) is 0. The Morgan fingerprint density at radius 1 is 1.42 bits per heavy atom. The average Bonchev–Trinajstić information content (AvgIpc) is 2.34. The molecule has 1 aromatic carbocycles. The van der Waals surface area contributed by atoms with Gasteiger partial charge in [-0.3, -0.25) is 10.1 Å². The minimum atomic E-state index is -0.922. The molecule has 1 rings (SSSR count). The van der Waals surface area contributed by atoms with Crippen LogP contribution in [0.5, 0.6) is 5.75 Å². The number of nitro benzene ring substituents is 1. The van der Waals surface area contributed by atoms with E-state index in [9.17, 15) is 15.2 Å². The first-order chi connectivity index (χ1) is 8.92. The first-order valence-corrected chi connectivity index (χ1v) is 5.91. The van der Waals surface area contributed by atoms with Crippen LogP contribution in [0.1, 0.15) is 13.8 Å². The molecule has 7 heteroatoms. The van der Waals surface area contributed by atoms with Crippen molar-refractivity contribution in [1.29, 1.82) is 0 Å². The molecule has 7 nitrogen and oxygen atoms in total. The minimum absolute atomic E-state index is 0.0960. The Kier molecular flexibility index (Phi) is 5.53. The van der Waals surface area contributed by atoms with E-state index in [2.05, 4.69) is 5.32 Å². The fourth-order valence-corrected chi connectivity index (χ4v) is 1.43. The number of aliphatic hydroxyl groups is 2. The Labute approximate surface area is 111 Å². The molecule has 0 saturated heterocycles. The van der Waals surface area contributed by atoms with Gasteiger partial charge in [-0.2, -0.15) is 0 Å². The van der Waals surface area contributed by atoms with Gasteiger partial charge < -0.3 is 20.3 Å². The van der Waals surface area contributed by atoms with Gasteiger partial charge in [0.2, 0.25) is 0 Å². The van der Waals surface area contributed by atoms with E-state index in [1.807, 2.05) is 13.8 Å². The number of aliphatic hydroxyl groups excluding tert-OH is 2. The van der Waals surface area contributed by atoms with Crippen molar-refractivity contribution in [3.63, 3.8) is 0 Å². The zero-order valence-electron chi connectivity index (χ0n) is 10.9. The van der Waals surface area contributed by atoms with E-state index in [4.69, 9.17) is 9.84 Å². The number of rotatable bonds is 7. The van der Waals surface area contributed by atoms with Gasteiger partial charge in [0.1, 0.15) is 5.75 Å². The molecule has 0 bridgehead atoms. The highest BCUT2D eigenvalue weighted by molar-refractivity contribution is 5.56. The van der Waals surface area contributed by atoms with Crippen molar-refractivity contribution < 1.29 is 19.9 Å². The summed E-state index contributed by atoms with van der Waals surface area (Å²) >= 11 is 0. The molecule has 0 fully saturated rings. The predicted molar refractivity (Wildman–Crippen MR) is 70.4 cm³/mol. The van der Waals surface area contributed by atoms with Gasteiger partial charge in [-0.25, -0.2) is 0 Å². The lowest BCUT2D eigenvalue weighted by Crippen LogP contribution is -2.23. The molecule has 106 valence electrons. The number of nitrogens with one attached hydrogen (secondary N) is 1. The van der Waals surface area contributed by atoms with Crippen LogP contribution in [0.4, 0.5) is 11.4 Å². The number of hydrogen-bond acceptors (Lipinski definition) is 6. The molecule has 0 aliphatic heterocycles. The van der Waals surface area contributed by atoms with Crippen molar-refractivity contribution in [2.45, 2.75) is 26.1 Å². The van der Waals surface area contributed by atoms with E-state index >= 15 is 0 Å². The first kappa shape index (κ1) is 15.2. The topological polar surface area (TPSA) is 105 Å². The third-order valence-electron chi connectivity index (χ3n) is 2.23. The van der Waals surface area contributed by atoms with Crippen LogP contribution in [-0.4, -0.2) is 40.5 Å². The van der Waals surface area contributed by atoms with E-state index in [0.717, 1.165) is 0 Å². The largest absolute Gasteiger partial charge is 0.491 e. The Morgan fingerprint density at radius 3 is 2.63 bits per heavy atom. The summed E-state index contributed by atoms with van der Waals surface area (Å²) in [5.74, 6) is 0.380. The smallest absolute Gasteiger partial charge is 0.275 e.